The molecule has 0 saturated carbocycles. The van der Waals surface area contributed by atoms with Gasteiger partial charge in [-0.3, -0.25) is 9.69 Å². The Labute approximate surface area is 152 Å². The zero-order valence-electron chi connectivity index (χ0n) is 15.4. The van der Waals surface area contributed by atoms with E-state index in [0.29, 0.717) is 0 Å². The van der Waals surface area contributed by atoms with Crippen LogP contribution in [0.15, 0.2) is 30.3 Å². The van der Waals surface area contributed by atoms with Gasteiger partial charge in [0.15, 0.2) is 0 Å². The molecule has 1 atom stereocenters. The van der Waals surface area contributed by atoms with Gasteiger partial charge in [0.05, 0.1) is 5.54 Å². The van der Waals surface area contributed by atoms with Crippen molar-refractivity contribution in [2.75, 3.05) is 19.6 Å². The van der Waals surface area contributed by atoms with Crippen molar-refractivity contribution in [2.45, 2.75) is 58.2 Å². The number of hydrogen-bond acceptors (Lipinski definition) is 3. The first-order valence-corrected chi connectivity index (χ1v) is 8.63. The molecule has 1 aromatic carbocycles. The molecule has 1 aromatic rings. The minimum absolute atomic E-state index is 0. The van der Waals surface area contributed by atoms with E-state index in [0.717, 1.165) is 39.0 Å². The normalized spacial score (nSPS) is 20.1. The second-order valence-corrected chi connectivity index (χ2v) is 7.61. The maximum Gasteiger partial charge on any atom is 0.242 e. The van der Waals surface area contributed by atoms with Gasteiger partial charge >= 0.3 is 0 Å². The van der Waals surface area contributed by atoms with Crippen LogP contribution in [-0.4, -0.2) is 46.4 Å². The van der Waals surface area contributed by atoms with Gasteiger partial charge in [0.2, 0.25) is 5.91 Å². The van der Waals surface area contributed by atoms with Crippen molar-refractivity contribution in [1.82, 2.24) is 9.80 Å². The number of nitrogens with two attached hydrogens (primary N) is 1. The van der Waals surface area contributed by atoms with E-state index in [1.165, 1.54) is 5.56 Å². The number of nitrogens with zero attached hydrogens (tertiary/aromatic N) is 2. The number of carbonyl (C=O) groups is 1. The molecular formula is C19H32ClN3O. The molecule has 5 heteroatoms. The molecule has 24 heavy (non-hydrogen) atoms. The van der Waals surface area contributed by atoms with Crippen molar-refractivity contribution in [2.24, 2.45) is 5.73 Å². The zero-order chi connectivity index (χ0) is 17.1. The molecule has 0 spiro atoms. The Morgan fingerprint density at radius 2 is 1.88 bits per heavy atom. The van der Waals surface area contributed by atoms with E-state index in [2.05, 4.69) is 49.9 Å². The molecule has 4 nitrogen and oxygen atoms in total. The SMILES string of the molecule is CCCC(C)(N)C(=O)N1CCN(Cc2ccccc2)C(C)(C)C1.Cl. The first-order chi connectivity index (χ1) is 10.8. The lowest BCUT2D eigenvalue weighted by atomic mass is 9.92. The topological polar surface area (TPSA) is 49.6 Å². The van der Waals surface area contributed by atoms with E-state index >= 15 is 0 Å². The highest BCUT2D eigenvalue weighted by Crippen LogP contribution is 2.25. The minimum atomic E-state index is -0.744. The second-order valence-electron chi connectivity index (χ2n) is 7.61. The Hall–Kier alpha value is -1.10. The van der Waals surface area contributed by atoms with Gasteiger partial charge in [-0.1, -0.05) is 43.7 Å². The molecule has 0 radical (unpaired) electrons. The summed E-state index contributed by atoms with van der Waals surface area (Å²) >= 11 is 0. The van der Waals surface area contributed by atoms with Gasteiger partial charge in [-0.15, -0.1) is 12.4 Å². The Morgan fingerprint density at radius 1 is 1.25 bits per heavy atom. The summed E-state index contributed by atoms with van der Waals surface area (Å²) in [5, 5.41) is 0. The molecule has 1 fully saturated rings. The maximum absolute atomic E-state index is 12.7. The predicted molar refractivity (Wildman–Crippen MR) is 102 cm³/mol. The molecule has 0 bridgehead atoms. The van der Waals surface area contributed by atoms with Gasteiger partial charge in [0.1, 0.15) is 0 Å². The van der Waals surface area contributed by atoms with Crippen molar-refractivity contribution < 1.29 is 4.79 Å². The molecule has 1 aliphatic heterocycles. The van der Waals surface area contributed by atoms with Crippen LogP contribution in [0.3, 0.4) is 0 Å². The summed E-state index contributed by atoms with van der Waals surface area (Å²) in [6.07, 6.45) is 1.66. The van der Waals surface area contributed by atoms with E-state index in [-0.39, 0.29) is 23.9 Å². The standard InChI is InChI=1S/C19H31N3O.ClH/c1-5-11-19(4,20)17(23)21-12-13-22(18(2,3)15-21)14-16-9-7-6-8-10-16;/h6-10H,5,11-15,20H2,1-4H3;1H. The highest BCUT2D eigenvalue weighted by Gasteiger charge is 2.39. The highest BCUT2D eigenvalue weighted by atomic mass is 35.5. The fourth-order valence-electron chi connectivity index (χ4n) is 3.45. The summed E-state index contributed by atoms with van der Waals surface area (Å²) in [4.78, 5) is 17.2. The third kappa shape index (κ3) is 4.95. The first kappa shape index (κ1) is 20.9. The fourth-order valence-corrected chi connectivity index (χ4v) is 3.45. The molecule has 136 valence electrons. The summed E-state index contributed by atoms with van der Waals surface area (Å²) in [6.45, 7) is 11.6. The lowest BCUT2D eigenvalue weighted by Crippen LogP contribution is -2.64. The van der Waals surface area contributed by atoms with Crippen molar-refractivity contribution in [1.29, 1.82) is 0 Å². The Morgan fingerprint density at radius 3 is 2.42 bits per heavy atom. The van der Waals surface area contributed by atoms with Crippen LogP contribution >= 0.6 is 12.4 Å². The van der Waals surface area contributed by atoms with Crippen LogP contribution < -0.4 is 5.73 Å². The molecular weight excluding hydrogens is 322 g/mol. The van der Waals surface area contributed by atoms with Crippen LogP contribution in [-0.2, 0) is 11.3 Å². The fraction of sp³-hybridized carbons (Fsp3) is 0.632. The summed E-state index contributed by atoms with van der Waals surface area (Å²) in [6, 6.07) is 10.5. The third-order valence-corrected chi connectivity index (χ3v) is 4.84. The second kappa shape index (κ2) is 8.32. The highest BCUT2D eigenvalue weighted by molar-refractivity contribution is 5.86. The van der Waals surface area contributed by atoms with Crippen LogP contribution in [0.4, 0.5) is 0 Å². The molecule has 2 rings (SSSR count). The summed E-state index contributed by atoms with van der Waals surface area (Å²) in [5.41, 5.74) is 6.77. The van der Waals surface area contributed by atoms with Gasteiger partial charge < -0.3 is 10.6 Å². The van der Waals surface area contributed by atoms with E-state index in [1.807, 2.05) is 17.9 Å². The number of carbonyl (C=O) groups excluding carboxylic acids is 1. The van der Waals surface area contributed by atoms with Crippen molar-refractivity contribution in [3.8, 4) is 0 Å². The summed E-state index contributed by atoms with van der Waals surface area (Å²) in [5.74, 6) is 0.0896. The molecule has 1 aliphatic rings. The van der Waals surface area contributed by atoms with Crippen LogP contribution in [0.25, 0.3) is 0 Å². The first-order valence-electron chi connectivity index (χ1n) is 8.63. The molecule has 1 saturated heterocycles. The number of rotatable bonds is 5. The molecule has 0 aliphatic carbocycles. The average Bonchev–Trinajstić information content (AvgIpc) is 2.49. The Bertz CT molecular complexity index is 531. The zero-order valence-corrected chi connectivity index (χ0v) is 16.2. The van der Waals surface area contributed by atoms with Gasteiger partial charge in [-0.05, 0) is 32.8 Å². The monoisotopic (exact) mass is 353 g/mol. The number of piperazine rings is 1. The van der Waals surface area contributed by atoms with E-state index in [4.69, 9.17) is 5.73 Å². The predicted octanol–water partition coefficient (Wildman–Crippen LogP) is 3.05. The smallest absolute Gasteiger partial charge is 0.242 e. The number of benzene rings is 1. The third-order valence-electron chi connectivity index (χ3n) is 4.84. The van der Waals surface area contributed by atoms with Crippen molar-refractivity contribution in [3.05, 3.63) is 35.9 Å². The Kier molecular flexibility index (Phi) is 7.26. The quantitative estimate of drug-likeness (QED) is 0.885. The molecule has 0 aromatic heterocycles. The molecule has 2 N–H and O–H groups in total. The van der Waals surface area contributed by atoms with Crippen LogP contribution in [0.2, 0.25) is 0 Å². The van der Waals surface area contributed by atoms with Gasteiger partial charge in [0.25, 0.3) is 0 Å². The van der Waals surface area contributed by atoms with Gasteiger partial charge in [0, 0.05) is 31.7 Å². The number of halogens is 1. The number of amides is 1. The van der Waals surface area contributed by atoms with E-state index < -0.39 is 5.54 Å². The van der Waals surface area contributed by atoms with Crippen LogP contribution in [0.1, 0.15) is 46.1 Å². The van der Waals surface area contributed by atoms with E-state index in [1.54, 1.807) is 0 Å². The molecule has 1 amide bonds. The average molecular weight is 354 g/mol. The summed E-state index contributed by atoms with van der Waals surface area (Å²) < 4.78 is 0. The van der Waals surface area contributed by atoms with Gasteiger partial charge in [-0.2, -0.15) is 0 Å². The Balaban J connectivity index is 0.00000288. The van der Waals surface area contributed by atoms with E-state index in [9.17, 15) is 4.79 Å². The largest absolute Gasteiger partial charge is 0.338 e. The lowest BCUT2D eigenvalue weighted by Gasteiger charge is -2.48. The van der Waals surface area contributed by atoms with Gasteiger partial charge in [-0.25, -0.2) is 0 Å². The van der Waals surface area contributed by atoms with Crippen LogP contribution in [0, 0.1) is 0 Å². The van der Waals surface area contributed by atoms with Crippen molar-refractivity contribution >= 4 is 18.3 Å². The molecule has 1 heterocycles. The minimum Gasteiger partial charge on any atom is -0.338 e. The maximum atomic E-state index is 12.7. The summed E-state index contributed by atoms with van der Waals surface area (Å²) in [7, 11) is 0. The number of hydrogen-bond donors (Lipinski definition) is 1. The molecule has 1 unspecified atom stereocenters. The van der Waals surface area contributed by atoms with Crippen LogP contribution in [0.5, 0.6) is 0 Å². The lowest BCUT2D eigenvalue weighted by molar-refractivity contribution is -0.142. The van der Waals surface area contributed by atoms with Crippen molar-refractivity contribution in [3.63, 3.8) is 0 Å².